The molecule has 0 aliphatic carbocycles. The normalized spacial score (nSPS) is 10.8. The van der Waals surface area contributed by atoms with Crippen LogP contribution in [-0.2, 0) is 0 Å². The molecule has 0 atom stereocenters. The number of carbonyl (C=O) groups is 1. The van der Waals surface area contributed by atoms with Crippen LogP contribution in [0.25, 0.3) is 6.08 Å². The van der Waals surface area contributed by atoms with Gasteiger partial charge < -0.3 is 0 Å². The van der Waals surface area contributed by atoms with E-state index in [1.165, 1.54) is 30.4 Å². The number of hydrogen-bond donors (Lipinski definition) is 0. The smallest absolute Gasteiger partial charge is 0.270 e. The average Bonchev–Trinajstić information content (AvgIpc) is 2.46. The summed E-state index contributed by atoms with van der Waals surface area (Å²) >= 11 is 5.97. The van der Waals surface area contributed by atoms with Crippen molar-refractivity contribution in [2.45, 2.75) is 6.92 Å². The lowest BCUT2D eigenvalue weighted by Crippen LogP contribution is -1.94. The zero-order valence-electron chi connectivity index (χ0n) is 11.2. The third-order valence-corrected chi connectivity index (χ3v) is 3.28. The number of carbonyl (C=O) groups excluding carboxylic acids is 1. The van der Waals surface area contributed by atoms with Gasteiger partial charge in [0.2, 0.25) is 0 Å². The highest BCUT2D eigenvalue weighted by Crippen LogP contribution is 2.23. The number of halogens is 1. The second-order valence-electron chi connectivity index (χ2n) is 4.53. The number of hydrogen-bond acceptors (Lipinski definition) is 3. The van der Waals surface area contributed by atoms with Gasteiger partial charge in [-0.15, -0.1) is 0 Å². The Balaban J connectivity index is 2.24. The topological polar surface area (TPSA) is 60.2 Å². The van der Waals surface area contributed by atoms with E-state index in [2.05, 4.69) is 0 Å². The Labute approximate surface area is 126 Å². The molecule has 5 heteroatoms. The summed E-state index contributed by atoms with van der Waals surface area (Å²) in [5, 5.41) is 11.1. The van der Waals surface area contributed by atoms with Crippen LogP contribution in [0.5, 0.6) is 0 Å². The van der Waals surface area contributed by atoms with E-state index in [1.54, 1.807) is 12.1 Å². The fraction of sp³-hybridized carbons (Fsp3) is 0.0625. The van der Waals surface area contributed by atoms with Gasteiger partial charge in [-0.1, -0.05) is 41.4 Å². The predicted molar refractivity (Wildman–Crippen MR) is 82.6 cm³/mol. The summed E-state index contributed by atoms with van der Waals surface area (Å²) in [5.74, 6) is -0.183. The Morgan fingerprint density at radius 1 is 1.19 bits per heavy atom. The van der Waals surface area contributed by atoms with Gasteiger partial charge in [-0.2, -0.15) is 0 Å². The first kappa shape index (κ1) is 14.9. The maximum atomic E-state index is 12.0. The van der Waals surface area contributed by atoms with Crippen molar-refractivity contribution in [3.8, 4) is 0 Å². The summed E-state index contributed by atoms with van der Waals surface area (Å²) in [6.45, 7) is 1.94. The van der Waals surface area contributed by atoms with E-state index in [-0.39, 0.29) is 11.5 Å². The lowest BCUT2D eigenvalue weighted by Gasteiger charge is -1.99. The molecular weight excluding hydrogens is 290 g/mol. The van der Waals surface area contributed by atoms with Gasteiger partial charge in [-0.25, -0.2) is 0 Å². The van der Waals surface area contributed by atoms with E-state index in [0.29, 0.717) is 16.1 Å². The summed E-state index contributed by atoms with van der Waals surface area (Å²) in [5.41, 5.74) is 1.99. The molecule has 0 aromatic heterocycles. The molecule has 21 heavy (non-hydrogen) atoms. The zero-order valence-corrected chi connectivity index (χ0v) is 12.0. The highest BCUT2D eigenvalue weighted by Gasteiger charge is 2.08. The summed E-state index contributed by atoms with van der Waals surface area (Å²) < 4.78 is 0. The van der Waals surface area contributed by atoms with E-state index in [9.17, 15) is 14.9 Å². The Kier molecular flexibility index (Phi) is 4.50. The summed E-state index contributed by atoms with van der Waals surface area (Å²) in [7, 11) is 0. The maximum Gasteiger partial charge on any atom is 0.270 e. The van der Waals surface area contributed by atoms with Gasteiger partial charge in [0.15, 0.2) is 5.78 Å². The van der Waals surface area contributed by atoms with Crippen molar-refractivity contribution in [2.75, 3.05) is 0 Å². The molecule has 0 fully saturated rings. The van der Waals surface area contributed by atoms with Crippen LogP contribution in [0, 0.1) is 17.0 Å². The molecule has 0 radical (unpaired) electrons. The quantitative estimate of drug-likeness (QED) is 0.363. The van der Waals surface area contributed by atoms with Gasteiger partial charge in [-0.3, -0.25) is 14.9 Å². The number of nitro groups is 1. The van der Waals surface area contributed by atoms with Crippen molar-refractivity contribution < 1.29 is 9.72 Å². The van der Waals surface area contributed by atoms with E-state index in [4.69, 9.17) is 11.6 Å². The number of nitrogens with zero attached hydrogens (tertiary/aromatic N) is 1. The molecule has 0 spiro atoms. The molecule has 0 aliphatic rings. The molecule has 106 valence electrons. The second kappa shape index (κ2) is 6.33. The highest BCUT2D eigenvalue weighted by molar-refractivity contribution is 6.32. The van der Waals surface area contributed by atoms with Crippen molar-refractivity contribution >= 4 is 29.1 Å². The standard InChI is InChI=1S/C16H12ClNO3/c1-11-2-4-12(5-3-11)16(19)9-6-13-10-14(18(20)21)7-8-15(13)17/h2-10H,1H3/b9-6+. The molecule has 2 aromatic rings. The summed E-state index contributed by atoms with van der Waals surface area (Å²) in [4.78, 5) is 22.2. The molecule has 0 amide bonds. The van der Waals surface area contributed by atoms with Crippen LogP contribution in [0.4, 0.5) is 5.69 Å². The third kappa shape index (κ3) is 3.77. The fourth-order valence-corrected chi connectivity index (χ4v) is 1.93. The number of allylic oxidation sites excluding steroid dienone is 1. The van der Waals surface area contributed by atoms with Crippen molar-refractivity contribution in [2.24, 2.45) is 0 Å². The third-order valence-electron chi connectivity index (χ3n) is 2.94. The Hall–Kier alpha value is -2.46. The Morgan fingerprint density at radius 2 is 1.86 bits per heavy atom. The molecule has 4 nitrogen and oxygen atoms in total. The first-order valence-corrected chi connectivity index (χ1v) is 6.58. The number of nitro benzene ring substituents is 1. The van der Waals surface area contributed by atoms with E-state index in [0.717, 1.165) is 5.56 Å². The Bertz CT molecular complexity index is 721. The summed E-state index contributed by atoms with van der Waals surface area (Å²) in [6, 6.07) is 11.3. The van der Waals surface area contributed by atoms with Crippen molar-refractivity contribution in [1.82, 2.24) is 0 Å². The van der Waals surface area contributed by atoms with Crippen LogP contribution in [0.2, 0.25) is 5.02 Å². The van der Waals surface area contributed by atoms with Crippen LogP contribution in [-0.4, -0.2) is 10.7 Å². The Morgan fingerprint density at radius 3 is 2.48 bits per heavy atom. The average molecular weight is 302 g/mol. The van der Waals surface area contributed by atoms with Gasteiger partial charge in [0, 0.05) is 22.7 Å². The van der Waals surface area contributed by atoms with Crippen molar-refractivity contribution in [3.63, 3.8) is 0 Å². The number of rotatable bonds is 4. The highest BCUT2D eigenvalue weighted by atomic mass is 35.5. The maximum absolute atomic E-state index is 12.0. The van der Waals surface area contributed by atoms with Crippen LogP contribution < -0.4 is 0 Å². The number of non-ortho nitro benzene ring substituents is 1. The molecular formula is C16H12ClNO3. The number of ketones is 1. The van der Waals surface area contributed by atoms with Gasteiger partial charge in [0.1, 0.15) is 0 Å². The lowest BCUT2D eigenvalue weighted by molar-refractivity contribution is -0.384. The molecule has 0 heterocycles. The zero-order chi connectivity index (χ0) is 15.4. The minimum atomic E-state index is -0.505. The van der Waals surface area contributed by atoms with Gasteiger partial charge in [-0.05, 0) is 30.7 Å². The molecule has 0 saturated heterocycles. The number of benzene rings is 2. The van der Waals surface area contributed by atoms with Crippen LogP contribution >= 0.6 is 11.6 Å². The van der Waals surface area contributed by atoms with Gasteiger partial charge >= 0.3 is 0 Å². The minimum absolute atomic E-state index is 0.0677. The molecule has 2 aromatic carbocycles. The van der Waals surface area contributed by atoms with Crippen LogP contribution in [0.3, 0.4) is 0 Å². The monoisotopic (exact) mass is 301 g/mol. The molecule has 0 unspecified atom stereocenters. The molecule has 0 aliphatic heterocycles. The summed E-state index contributed by atoms with van der Waals surface area (Å²) in [6.07, 6.45) is 2.84. The molecule has 2 rings (SSSR count). The largest absolute Gasteiger partial charge is 0.289 e. The predicted octanol–water partition coefficient (Wildman–Crippen LogP) is 4.45. The number of aryl methyl sites for hydroxylation is 1. The molecule has 0 bridgehead atoms. The van der Waals surface area contributed by atoms with E-state index >= 15 is 0 Å². The van der Waals surface area contributed by atoms with Crippen molar-refractivity contribution in [1.29, 1.82) is 0 Å². The minimum Gasteiger partial charge on any atom is -0.289 e. The van der Waals surface area contributed by atoms with Gasteiger partial charge in [0.05, 0.1) is 4.92 Å². The SMILES string of the molecule is Cc1ccc(C(=O)/C=C/c2cc([N+](=O)[O-])ccc2Cl)cc1. The first-order chi connectivity index (χ1) is 9.97. The molecule has 0 saturated carbocycles. The van der Waals surface area contributed by atoms with E-state index < -0.39 is 4.92 Å². The van der Waals surface area contributed by atoms with Crippen LogP contribution in [0.1, 0.15) is 21.5 Å². The molecule has 0 N–H and O–H groups in total. The van der Waals surface area contributed by atoms with Crippen LogP contribution in [0.15, 0.2) is 48.5 Å². The lowest BCUT2D eigenvalue weighted by atomic mass is 10.1. The van der Waals surface area contributed by atoms with E-state index in [1.807, 2.05) is 19.1 Å². The van der Waals surface area contributed by atoms with Gasteiger partial charge in [0.25, 0.3) is 5.69 Å². The van der Waals surface area contributed by atoms with Crippen molar-refractivity contribution in [3.05, 3.63) is 80.4 Å². The first-order valence-electron chi connectivity index (χ1n) is 6.20. The fourth-order valence-electron chi connectivity index (χ4n) is 1.75. The second-order valence-corrected chi connectivity index (χ2v) is 4.93.